The van der Waals surface area contributed by atoms with Crippen LogP contribution in [-0.2, 0) is 25.5 Å². The van der Waals surface area contributed by atoms with Crippen molar-refractivity contribution < 1.29 is 19.1 Å². The summed E-state index contributed by atoms with van der Waals surface area (Å²) in [6.45, 7) is 0. The highest BCUT2D eigenvalue weighted by molar-refractivity contribution is 5.95. The SMILES string of the molecule is COC(=O)C(Cc1ccnc(N)c1)C(=O)OC. The van der Waals surface area contributed by atoms with Gasteiger partial charge in [-0.2, -0.15) is 0 Å². The van der Waals surface area contributed by atoms with Crippen molar-refractivity contribution in [2.45, 2.75) is 6.42 Å². The van der Waals surface area contributed by atoms with Crippen LogP contribution < -0.4 is 5.73 Å². The number of nitrogens with zero attached hydrogens (tertiary/aromatic N) is 1. The number of esters is 2. The zero-order chi connectivity index (χ0) is 12.8. The van der Waals surface area contributed by atoms with Crippen molar-refractivity contribution in [2.75, 3.05) is 20.0 Å². The number of aromatic nitrogens is 1. The summed E-state index contributed by atoms with van der Waals surface area (Å²) in [5.74, 6) is -1.91. The Morgan fingerprint density at radius 3 is 2.41 bits per heavy atom. The van der Waals surface area contributed by atoms with Crippen molar-refractivity contribution in [1.82, 2.24) is 4.98 Å². The van der Waals surface area contributed by atoms with E-state index in [0.29, 0.717) is 5.82 Å². The molecule has 0 aliphatic rings. The van der Waals surface area contributed by atoms with Crippen LogP contribution in [0, 0.1) is 5.92 Å². The zero-order valence-electron chi connectivity index (χ0n) is 9.67. The summed E-state index contributed by atoms with van der Waals surface area (Å²) in [5.41, 5.74) is 6.23. The molecule has 1 heterocycles. The summed E-state index contributed by atoms with van der Waals surface area (Å²) in [5, 5.41) is 0. The van der Waals surface area contributed by atoms with E-state index >= 15 is 0 Å². The van der Waals surface area contributed by atoms with Crippen LogP contribution in [-0.4, -0.2) is 31.1 Å². The number of carbonyl (C=O) groups excluding carboxylic acids is 2. The van der Waals surface area contributed by atoms with Crippen LogP contribution in [0.1, 0.15) is 5.56 Å². The highest BCUT2D eigenvalue weighted by Gasteiger charge is 2.28. The minimum atomic E-state index is -0.980. The Kier molecular flexibility index (Phi) is 4.45. The summed E-state index contributed by atoms with van der Waals surface area (Å²) in [6.07, 6.45) is 1.68. The highest BCUT2D eigenvalue weighted by Crippen LogP contribution is 2.13. The first-order chi connectivity index (χ1) is 8.08. The summed E-state index contributed by atoms with van der Waals surface area (Å²) < 4.78 is 9.10. The first-order valence-corrected chi connectivity index (χ1v) is 4.94. The van der Waals surface area contributed by atoms with E-state index in [0.717, 1.165) is 5.56 Å². The smallest absolute Gasteiger partial charge is 0.320 e. The van der Waals surface area contributed by atoms with Crippen LogP contribution in [0.3, 0.4) is 0 Å². The molecule has 0 radical (unpaired) electrons. The predicted molar refractivity (Wildman–Crippen MR) is 59.9 cm³/mol. The van der Waals surface area contributed by atoms with Gasteiger partial charge < -0.3 is 15.2 Å². The molecule has 0 saturated carbocycles. The fraction of sp³-hybridized carbons (Fsp3) is 0.364. The largest absolute Gasteiger partial charge is 0.468 e. The number of hydrogen-bond acceptors (Lipinski definition) is 6. The Labute approximate surface area is 98.7 Å². The molecule has 0 fully saturated rings. The van der Waals surface area contributed by atoms with Crippen molar-refractivity contribution in [3.63, 3.8) is 0 Å². The van der Waals surface area contributed by atoms with E-state index in [2.05, 4.69) is 14.5 Å². The van der Waals surface area contributed by atoms with Crippen LogP contribution in [0.25, 0.3) is 0 Å². The fourth-order valence-corrected chi connectivity index (χ4v) is 1.40. The third kappa shape index (κ3) is 3.44. The lowest BCUT2D eigenvalue weighted by Crippen LogP contribution is -2.28. The maximum Gasteiger partial charge on any atom is 0.320 e. The second-order valence-electron chi connectivity index (χ2n) is 3.39. The van der Waals surface area contributed by atoms with E-state index in [4.69, 9.17) is 5.73 Å². The lowest BCUT2D eigenvalue weighted by Gasteiger charge is -2.12. The molecule has 0 bridgehead atoms. The molecule has 0 aliphatic heterocycles. The summed E-state index contributed by atoms with van der Waals surface area (Å²) >= 11 is 0. The number of methoxy groups -OCH3 is 2. The molecule has 0 amide bonds. The van der Waals surface area contributed by atoms with Gasteiger partial charge in [-0.25, -0.2) is 4.98 Å². The molecule has 0 unspecified atom stereocenters. The van der Waals surface area contributed by atoms with Gasteiger partial charge in [-0.05, 0) is 24.1 Å². The van der Waals surface area contributed by atoms with Crippen molar-refractivity contribution in [2.24, 2.45) is 5.92 Å². The number of anilines is 1. The van der Waals surface area contributed by atoms with Gasteiger partial charge in [0.1, 0.15) is 5.82 Å². The normalized spacial score (nSPS) is 10.1. The average Bonchev–Trinajstić information content (AvgIpc) is 2.34. The van der Waals surface area contributed by atoms with Gasteiger partial charge in [0.05, 0.1) is 14.2 Å². The molecule has 0 aliphatic carbocycles. The second kappa shape index (κ2) is 5.83. The monoisotopic (exact) mass is 238 g/mol. The fourth-order valence-electron chi connectivity index (χ4n) is 1.40. The number of hydrogen-bond donors (Lipinski definition) is 1. The van der Waals surface area contributed by atoms with Gasteiger partial charge in [0.2, 0.25) is 0 Å². The molecule has 0 aromatic carbocycles. The van der Waals surface area contributed by atoms with E-state index < -0.39 is 17.9 Å². The molecule has 0 saturated heterocycles. The van der Waals surface area contributed by atoms with Crippen LogP contribution >= 0.6 is 0 Å². The van der Waals surface area contributed by atoms with E-state index in [1.807, 2.05) is 0 Å². The Bertz CT molecular complexity index is 404. The lowest BCUT2D eigenvalue weighted by atomic mass is 10.0. The Balaban J connectivity index is 2.86. The van der Waals surface area contributed by atoms with Crippen molar-refractivity contribution >= 4 is 17.8 Å². The van der Waals surface area contributed by atoms with E-state index in [9.17, 15) is 9.59 Å². The van der Waals surface area contributed by atoms with Gasteiger partial charge in [-0.3, -0.25) is 9.59 Å². The van der Waals surface area contributed by atoms with Gasteiger partial charge >= 0.3 is 11.9 Å². The topological polar surface area (TPSA) is 91.5 Å². The van der Waals surface area contributed by atoms with Gasteiger partial charge in [0.15, 0.2) is 5.92 Å². The van der Waals surface area contributed by atoms with Crippen LogP contribution in [0.15, 0.2) is 18.3 Å². The molecule has 0 spiro atoms. The molecule has 2 N–H and O–H groups in total. The number of carbonyl (C=O) groups is 2. The molecule has 1 aromatic rings. The molecular formula is C11H14N2O4. The highest BCUT2D eigenvalue weighted by atomic mass is 16.5. The minimum absolute atomic E-state index is 0.173. The maximum atomic E-state index is 11.4. The van der Waals surface area contributed by atoms with Gasteiger partial charge in [-0.1, -0.05) is 0 Å². The maximum absolute atomic E-state index is 11.4. The molecule has 92 valence electrons. The molecule has 6 nitrogen and oxygen atoms in total. The Hall–Kier alpha value is -2.11. The molecule has 1 aromatic heterocycles. The van der Waals surface area contributed by atoms with Gasteiger partial charge in [0, 0.05) is 6.20 Å². The first kappa shape index (κ1) is 13.0. The summed E-state index contributed by atoms with van der Waals surface area (Å²) in [7, 11) is 2.44. The van der Waals surface area contributed by atoms with Gasteiger partial charge in [0.25, 0.3) is 0 Å². The minimum Gasteiger partial charge on any atom is -0.468 e. The quantitative estimate of drug-likeness (QED) is 0.593. The lowest BCUT2D eigenvalue weighted by molar-refractivity contribution is -0.158. The van der Waals surface area contributed by atoms with E-state index in [1.165, 1.54) is 20.4 Å². The van der Waals surface area contributed by atoms with E-state index in [1.54, 1.807) is 12.1 Å². The number of ether oxygens (including phenoxy) is 2. The summed E-state index contributed by atoms with van der Waals surface area (Å²) in [6, 6.07) is 3.27. The zero-order valence-corrected chi connectivity index (χ0v) is 9.67. The Morgan fingerprint density at radius 2 is 1.94 bits per heavy atom. The number of rotatable bonds is 4. The third-order valence-corrected chi connectivity index (χ3v) is 2.26. The molecule has 1 rings (SSSR count). The number of nitrogen functional groups attached to an aromatic ring is 1. The molecule has 6 heteroatoms. The second-order valence-corrected chi connectivity index (χ2v) is 3.39. The first-order valence-electron chi connectivity index (χ1n) is 4.94. The van der Waals surface area contributed by atoms with E-state index in [-0.39, 0.29) is 6.42 Å². The van der Waals surface area contributed by atoms with Crippen LogP contribution in [0.4, 0.5) is 5.82 Å². The number of pyridine rings is 1. The molecule has 0 atom stereocenters. The standard InChI is InChI=1S/C11H14N2O4/c1-16-10(14)8(11(15)17-2)5-7-3-4-13-9(12)6-7/h3-4,6,8H,5H2,1-2H3,(H2,12,13). The summed E-state index contributed by atoms with van der Waals surface area (Å²) in [4.78, 5) is 26.7. The third-order valence-electron chi connectivity index (χ3n) is 2.26. The predicted octanol–water partition coefficient (Wildman–Crippen LogP) is 0.168. The van der Waals surface area contributed by atoms with Crippen molar-refractivity contribution in [3.8, 4) is 0 Å². The van der Waals surface area contributed by atoms with Crippen LogP contribution in [0.2, 0.25) is 0 Å². The molecular weight excluding hydrogens is 224 g/mol. The Morgan fingerprint density at radius 1 is 1.35 bits per heavy atom. The number of nitrogens with two attached hydrogens (primary N) is 1. The van der Waals surface area contributed by atoms with Crippen molar-refractivity contribution in [3.05, 3.63) is 23.9 Å². The van der Waals surface area contributed by atoms with Crippen molar-refractivity contribution in [1.29, 1.82) is 0 Å². The average molecular weight is 238 g/mol. The van der Waals surface area contributed by atoms with Crippen LogP contribution in [0.5, 0.6) is 0 Å². The molecule has 17 heavy (non-hydrogen) atoms. The van der Waals surface area contributed by atoms with Gasteiger partial charge in [-0.15, -0.1) is 0 Å².